The smallest absolute Gasteiger partial charge is 0.153 e. The van der Waals surface area contributed by atoms with Crippen molar-refractivity contribution in [3.05, 3.63) is 182 Å². The Bertz CT molecular complexity index is 2870. The predicted molar refractivity (Wildman–Crippen MR) is 210 cm³/mol. The van der Waals surface area contributed by atoms with Crippen LogP contribution in [0.3, 0.4) is 0 Å². The fourth-order valence-corrected chi connectivity index (χ4v) is 7.44. The first-order valence-electron chi connectivity index (χ1n) is 16.9. The van der Waals surface area contributed by atoms with E-state index in [0.717, 1.165) is 60.5 Å². The molecule has 8 aromatic carbocycles. The number of rotatable bonds is 5. The summed E-state index contributed by atoms with van der Waals surface area (Å²) in [6.45, 7) is 0. The van der Waals surface area contributed by atoms with E-state index in [1.165, 1.54) is 33.0 Å². The standard InChI is InChI=1S/C47H30N2O/c1-2-7-31(8-3-1)36-11-6-12-40(28-36)49(39-20-17-33(18-21-39)37-15-13-32-9-4-5-10-35(32)27-37)41-22-24-42-38(29-41)16-14-34-19-23-44-43-25-26-48-30-45(43)50-47(44)46(34)42/h1-30H. The van der Waals surface area contributed by atoms with Crippen molar-refractivity contribution < 1.29 is 4.42 Å². The number of hydrogen-bond acceptors (Lipinski definition) is 3. The zero-order valence-corrected chi connectivity index (χ0v) is 27.1. The second kappa shape index (κ2) is 11.5. The van der Waals surface area contributed by atoms with Crippen LogP contribution in [-0.4, -0.2) is 4.98 Å². The predicted octanol–water partition coefficient (Wildman–Crippen LogP) is 13.2. The summed E-state index contributed by atoms with van der Waals surface area (Å²) in [6, 6.07) is 61.1. The van der Waals surface area contributed by atoms with Gasteiger partial charge in [0, 0.05) is 39.4 Å². The Morgan fingerprint density at radius 1 is 0.400 bits per heavy atom. The molecule has 0 N–H and O–H groups in total. The minimum atomic E-state index is 0.806. The molecule has 0 fully saturated rings. The van der Waals surface area contributed by atoms with Gasteiger partial charge in [0.25, 0.3) is 0 Å². The molecule has 3 heteroatoms. The van der Waals surface area contributed by atoms with Gasteiger partial charge in [-0.05, 0) is 104 Å². The van der Waals surface area contributed by atoms with Crippen LogP contribution in [0, 0.1) is 0 Å². The van der Waals surface area contributed by atoms with Crippen LogP contribution in [0.4, 0.5) is 17.1 Å². The lowest BCUT2D eigenvalue weighted by Crippen LogP contribution is -2.10. The van der Waals surface area contributed by atoms with Crippen molar-refractivity contribution >= 4 is 71.3 Å². The third-order valence-electron chi connectivity index (χ3n) is 9.90. The molecular weight excluding hydrogens is 609 g/mol. The lowest BCUT2D eigenvalue weighted by molar-refractivity contribution is 0.671. The Kier molecular flexibility index (Phi) is 6.49. The highest BCUT2D eigenvalue weighted by atomic mass is 16.3. The van der Waals surface area contributed by atoms with Crippen LogP contribution in [0.15, 0.2) is 187 Å². The molecule has 50 heavy (non-hydrogen) atoms. The quantitative estimate of drug-likeness (QED) is 0.176. The third-order valence-corrected chi connectivity index (χ3v) is 9.90. The summed E-state index contributed by atoms with van der Waals surface area (Å²) in [4.78, 5) is 6.65. The minimum absolute atomic E-state index is 0.806. The summed E-state index contributed by atoms with van der Waals surface area (Å²) in [5.41, 5.74) is 9.74. The summed E-state index contributed by atoms with van der Waals surface area (Å²) in [5.74, 6) is 0. The first kappa shape index (κ1) is 28.3. The van der Waals surface area contributed by atoms with E-state index in [-0.39, 0.29) is 0 Å². The molecule has 234 valence electrons. The molecule has 0 aliphatic carbocycles. The molecule has 0 radical (unpaired) electrons. The van der Waals surface area contributed by atoms with Crippen LogP contribution in [0.25, 0.3) is 76.5 Å². The second-order valence-corrected chi connectivity index (χ2v) is 12.8. The van der Waals surface area contributed by atoms with Gasteiger partial charge in [0.15, 0.2) is 5.58 Å². The van der Waals surface area contributed by atoms with Crippen molar-refractivity contribution in [2.24, 2.45) is 0 Å². The fourth-order valence-electron chi connectivity index (χ4n) is 7.44. The van der Waals surface area contributed by atoms with Gasteiger partial charge < -0.3 is 9.32 Å². The lowest BCUT2D eigenvalue weighted by atomic mass is 9.98. The molecule has 0 atom stereocenters. The Hall–Kier alpha value is -6.71. The third kappa shape index (κ3) is 4.71. The number of furan rings is 1. The summed E-state index contributed by atoms with van der Waals surface area (Å²) in [6.07, 6.45) is 3.63. The van der Waals surface area contributed by atoms with Crippen LogP contribution in [0.2, 0.25) is 0 Å². The van der Waals surface area contributed by atoms with Crippen LogP contribution < -0.4 is 4.90 Å². The fraction of sp³-hybridized carbons (Fsp3) is 0. The van der Waals surface area contributed by atoms with Crippen molar-refractivity contribution in [3.8, 4) is 22.3 Å². The number of fused-ring (bicyclic) bond motifs is 8. The van der Waals surface area contributed by atoms with Crippen LogP contribution in [-0.2, 0) is 0 Å². The van der Waals surface area contributed by atoms with Crippen molar-refractivity contribution in [1.82, 2.24) is 4.98 Å². The highest BCUT2D eigenvalue weighted by Crippen LogP contribution is 2.42. The van der Waals surface area contributed by atoms with Gasteiger partial charge in [-0.15, -0.1) is 0 Å². The molecule has 3 nitrogen and oxygen atoms in total. The maximum atomic E-state index is 6.44. The van der Waals surface area contributed by atoms with Crippen LogP contribution in [0.1, 0.15) is 0 Å². The molecule has 10 aromatic rings. The first-order chi connectivity index (χ1) is 24.8. The molecule has 2 aromatic heterocycles. The monoisotopic (exact) mass is 638 g/mol. The summed E-state index contributed by atoms with van der Waals surface area (Å²) >= 11 is 0. The van der Waals surface area contributed by atoms with Crippen molar-refractivity contribution in [1.29, 1.82) is 0 Å². The largest absolute Gasteiger partial charge is 0.454 e. The molecule has 10 rings (SSSR count). The summed E-state index contributed by atoms with van der Waals surface area (Å²) in [5, 5.41) is 9.28. The van der Waals surface area contributed by atoms with E-state index in [1.807, 2.05) is 12.3 Å². The van der Waals surface area contributed by atoms with Gasteiger partial charge in [-0.3, -0.25) is 4.98 Å². The molecule has 0 saturated carbocycles. The lowest BCUT2D eigenvalue weighted by Gasteiger charge is -2.27. The first-order valence-corrected chi connectivity index (χ1v) is 16.9. The summed E-state index contributed by atoms with van der Waals surface area (Å²) < 4.78 is 6.44. The van der Waals surface area contributed by atoms with E-state index in [2.05, 4.69) is 174 Å². The molecule has 0 saturated heterocycles. The number of anilines is 3. The molecule has 0 aliphatic heterocycles. The van der Waals surface area contributed by atoms with Gasteiger partial charge in [-0.25, -0.2) is 0 Å². The number of hydrogen-bond donors (Lipinski definition) is 0. The highest BCUT2D eigenvalue weighted by Gasteiger charge is 2.17. The maximum absolute atomic E-state index is 6.44. The molecule has 0 unspecified atom stereocenters. The van der Waals surface area contributed by atoms with E-state index in [1.54, 1.807) is 6.20 Å². The number of benzene rings is 8. The molecule has 0 amide bonds. The van der Waals surface area contributed by atoms with E-state index >= 15 is 0 Å². The molecule has 2 heterocycles. The minimum Gasteiger partial charge on any atom is -0.454 e. The average Bonchev–Trinajstić information content (AvgIpc) is 3.57. The number of pyridine rings is 1. The van der Waals surface area contributed by atoms with Gasteiger partial charge in [-0.1, -0.05) is 115 Å². The number of nitrogens with zero attached hydrogens (tertiary/aromatic N) is 2. The second-order valence-electron chi connectivity index (χ2n) is 12.8. The Morgan fingerprint density at radius 3 is 1.96 bits per heavy atom. The average molecular weight is 639 g/mol. The molecular formula is C47H30N2O. The van der Waals surface area contributed by atoms with Gasteiger partial charge >= 0.3 is 0 Å². The molecule has 0 aliphatic rings. The van der Waals surface area contributed by atoms with E-state index in [4.69, 9.17) is 4.42 Å². The van der Waals surface area contributed by atoms with Crippen LogP contribution in [0.5, 0.6) is 0 Å². The normalized spacial score (nSPS) is 11.6. The van der Waals surface area contributed by atoms with Gasteiger partial charge in [0.2, 0.25) is 0 Å². The number of aromatic nitrogens is 1. The van der Waals surface area contributed by atoms with Gasteiger partial charge in [0.1, 0.15) is 5.58 Å². The molecule has 0 spiro atoms. The van der Waals surface area contributed by atoms with Crippen LogP contribution >= 0.6 is 0 Å². The van der Waals surface area contributed by atoms with Crippen molar-refractivity contribution in [2.45, 2.75) is 0 Å². The SMILES string of the molecule is c1ccc(-c2cccc(N(c3ccc(-c4ccc5ccccc5c4)cc3)c3ccc4c(ccc5ccc6c7ccncc7oc6c54)c3)c2)cc1. The highest BCUT2D eigenvalue weighted by molar-refractivity contribution is 6.23. The Balaban J connectivity index is 1.13. The maximum Gasteiger partial charge on any atom is 0.153 e. The van der Waals surface area contributed by atoms with E-state index in [0.29, 0.717) is 0 Å². The Labute approximate surface area is 289 Å². The van der Waals surface area contributed by atoms with Gasteiger partial charge in [-0.2, -0.15) is 0 Å². The van der Waals surface area contributed by atoms with Crippen molar-refractivity contribution in [2.75, 3.05) is 4.90 Å². The zero-order valence-electron chi connectivity index (χ0n) is 27.1. The van der Waals surface area contributed by atoms with E-state index < -0.39 is 0 Å². The van der Waals surface area contributed by atoms with Crippen molar-refractivity contribution in [3.63, 3.8) is 0 Å². The summed E-state index contributed by atoms with van der Waals surface area (Å²) in [7, 11) is 0. The van der Waals surface area contributed by atoms with E-state index in [9.17, 15) is 0 Å². The topological polar surface area (TPSA) is 29.3 Å². The van der Waals surface area contributed by atoms with Gasteiger partial charge in [0.05, 0.1) is 6.20 Å². The Morgan fingerprint density at radius 2 is 1.06 bits per heavy atom. The molecule has 0 bridgehead atoms. The zero-order chi connectivity index (χ0) is 33.0.